The Labute approximate surface area is 103 Å². The van der Waals surface area contributed by atoms with Crippen LogP contribution in [0.25, 0.3) is 0 Å². The molecule has 0 saturated heterocycles. The molecule has 2 nitrogen and oxygen atoms in total. The van der Waals surface area contributed by atoms with Gasteiger partial charge in [-0.2, -0.15) is 0 Å². The summed E-state index contributed by atoms with van der Waals surface area (Å²) < 4.78 is 12.2. The molecule has 0 aromatic rings. The van der Waals surface area contributed by atoms with Crippen LogP contribution in [0.2, 0.25) is 0 Å². The van der Waals surface area contributed by atoms with Crippen molar-refractivity contribution >= 4 is 10.8 Å². The number of nitrogens with two attached hydrogens (primary N) is 1. The number of hydrogen-bond acceptors (Lipinski definition) is 2. The minimum Gasteiger partial charge on any atom is -0.326 e. The van der Waals surface area contributed by atoms with Gasteiger partial charge in [-0.1, -0.05) is 40.5 Å². The Hall–Kier alpha value is 0.110. The molecule has 1 rings (SSSR count). The van der Waals surface area contributed by atoms with Crippen LogP contribution in [0.5, 0.6) is 0 Å². The van der Waals surface area contributed by atoms with E-state index >= 15 is 0 Å². The Bertz CT molecular complexity index is 247. The maximum Gasteiger partial charge on any atom is 0.0394 e. The lowest BCUT2D eigenvalue weighted by atomic mass is 9.89. The van der Waals surface area contributed by atoms with Gasteiger partial charge in [0.15, 0.2) is 0 Å². The second-order valence-electron chi connectivity index (χ2n) is 6.41. The second kappa shape index (κ2) is 5.63. The van der Waals surface area contributed by atoms with E-state index in [1.54, 1.807) is 0 Å². The molecule has 0 aliphatic heterocycles. The van der Waals surface area contributed by atoms with Gasteiger partial charge in [-0.15, -0.1) is 0 Å². The Morgan fingerprint density at radius 1 is 1.38 bits per heavy atom. The number of hydrogen-bond donors (Lipinski definition) is 1. The van der Waals surface area contributed by atoms with Crippen LogP contribution in [0, 0.1) is 11.3 Å². The summed E-state index contributed by atoms with van der Waals surface area (Å²) in [7, 11) is -0.729. The van der Waals surface area contributed by atoms with Gasteiger partial charge in [-0.3, -0.25) is 4.21 Å². The van der Waals surface area contributed by atoms with Crippen molar-refractivity contribution in [1.82, 2.24) is 0 Å². The molecule has 1 fully saturated rings. The van der Waals surface area contributed by atoms with E-state index in [1.165, 1.54) is 12.8 Å². The molecule has 4 unspecified atom stereocenters. The Balaban J connectivity index is 2.46. The summed E-state index contributed by atoms with van der Waals surface area (Å²) >= 11 is 0. The highest BCUT2D eigenvalue weighted by molar-refractivity contribution is 7.85. The fourth-order valence-corrected chi connectivity index (χ4v) is 4.28. The third-order valence-corrected chi connectivity index (χ3v) is 5.58. The molecule has 3 heteroatoms. The van der Waals surface area contributed by atoms with Crippen LogP contribution in [-0.2, 0) is 10.8 Å². The van der Waals surface area contributed by atoms with E-state index < -0.39 is 10.8 Å². The van der Waals surface area contributed by atoms with Crippen LogP contribution in [0.4, 0.5) is 0 Å². The van der Waals surface area contributed by atoms with Crippen molar-refractivity contribution in [2.24, 2.45) is 17.1 Å². The van der Waals surface area contributed by atoms with Crippen LogP contribution in [-0.4, -0.2) is 21.3 Å². The van der Waals surface area contributed by atoms with Crippen molar-refractivity contribution in [1.29, 1.82) is 0 Å². The first-order chi connectivity index (χ1) is 7.30. The monoisotopic (exact) mass is 245 g/mol. The van der Waals surface area contributed by atoms with E-state index in [1.807, 2.05) is 0 Å². The molecule has 0 spiro atoms. The summed E-state index contributed by atoms with van der Waals surface area (Å²) in [5.74, 6) is 1.41. The molecule has 0 bridgehead atoms. The van der Waals surface area contributed by atoms with E-state index in [2.05, 4.69) is 27.7 Å². The standard InChI is InChI=1S/C13H27NOS/c1-10-6-5-7-11(8-10)16(15)9-12(14)13(2,3)4/h10-12H,5-9,14H2,1-4H3. The molecule has 0 heterocycles. The summed E-state index contributed by atoms with van der Waals surface area (Å²) in [5.41, 5.74) is 6.17. The van der Waals surface area contributed by atoms with Gasteiger partial charge >= 0.3 is 0 Å². The first kappa shape index (κ1) is 14.2. The van der Waals surface area contributed by atoms with Crippen molar-refractivity contribution in [2.45, 2.75) is 64.7 Å². The minimum absolute atomic E-state index is 0.0468. The quantitative estimate of drug-likeness (QED) is 0.831. The van der Waals surface area contributed by atoms with Crippen molar-refractivity contribution in [3.05, 3.63) is 0 Å². The van der Waals surface area contributed by atoms with E-state index in [4.69, 9.17) is 5.73 Å². The third kappa shape index (κ3) is 4.17. The molecule has 4 atom stereocenters. The van der Waals surface area contributed by atoms with Crippen LogP contribution in [0.3, 0.4) is 0 Å². The summed E-state index contributed by atoms with van der Waals surface area (Å²) in [4.78, 5) is 0. The predicted molar refractivity (Wildman–Crippen MR) is 71.9 cm³/mol. The zero-order chi connectivity index (χ0) is 12.3. The second-order valence-corrected chi connectivity index (χ2v) is 8.18. The molecule has 96 valence electrons. The summed E-state index contributed by atoms with van der Waals surface area (Å²) in [6.45, 7) is 8.64. The van der Waals surface area contributed by atoms with E-state index in [0.717, 1.165) is 18.8 Å². The molecule has 0 aromatic carbocycles. The Kier molecular flexibility index (Phi) is 4.99. The normalized spacial score (nSPS) is 31.1. The van der Waals surface area contributed by atoms with Gasteiger partial charge in [0.05, 0.1) is 0 Å². The summed E-state index contributed by atoms with van der Waals surface area (Å²) in [6, 6.07) is 0.0468. The van der Waals surface area contributed by atoms with Crippen LogP contribution in [0.15, 0.2) is 0 Å². The van der Waals surface area contributed by atoms with Gasteiger partial charge in [0.25, 0.3) is 0 Å². The van der Waals surface area contributed by atoms with Crippen molar-refractivity contribution in [2.75, 3.05) is 5.75 Å². The third-order valence-electron chi connectivity index (χ3n) is 3.72. The van der Waals surface area contributed by atoms with Crippen molar-refractivity contribution in [3.8, 4) is 0 Å². The Morgan fingerprint density at radius 3 is 2.50 bits per heavy atom. The average molecular weight is 245 g/mol. The lowest BCUT2D eigenvalue weighted by Gasteiger charge is -2.30. The maximum atomic E-state index is 12.2. The van der Waals surface area contributed by atoms with E-state index in [0.29, 0.717) is 11.0 Å². The van der Waals surface area contributed by atoms with Crippen LogP contribution in [0.1, 0.15) is 53.4 Å². The molecule has 1 aliphatic rings. The van der Waals surface area contributed by atoms with Gasteiger partial charge in [0.1, 0.15) is 0 Å². The van der Waals surface area contributed by atoms with Crippen molar-refractivity contribution < 1.29 is 4.21 Å². The molecule has 1 saturated carbocycles. The zero-order valence-corrected chi connectivity index (χ0v) is 12.0. The van der Waals surface area contributed by atoms with Crippen LogP contribution < -0.4 is 5.73 Å². The highest BCUT2D eigenvalue weighted by atomic mass is 32.2. The lowest BCUT2D eigenvalue weighted by molar-refractivity contribution is 0.340. The van der Waals surface area contributed by atoms with Gasteiger partial charge in [-0.05, 0) is 24.2 Å². The molecular weight excluding hydrogens is 218 g/mol. The molecular formula is C13H27NOS. The molecule has 0 radical (unpaired) electrons. The smallest absolute Gasteiger partial charge is 0.0394 e. The summed E-state index contributed by atoms with van der Waals surface area (Å²) in [6.07, 6.45) is 4.80. The summed E-state index contributed by atoms with van der Waals surface area (Å²) in [5, 5.41) is 0.400. The van der Waals surface area contributed by atoms with Gasteiger partial charge in [0.2, 0.25) is 0 Å². The van der Waals surface area contributed by atoms with Crippen molar-refractivity contribution in [3.63, 3.8) is 0 Å². The largest absolute Gasteiger partial charge is 0.326 e. The number of rotatable bonds is 3. The maximum absolute atomic E-state index is 12.2. The fraction of sp³-hybridized carbons (Fsp3) is 1.00. The van der Waals surface area contributed by atoms with Gasteiger partial charge in [-0.25, -0.2) is 0 Å². The van der Waals surface area contributed by atoms with Gasteiger partial charge < -0.3 is 5.73 Å². The molecule has 0 aromatic heterocycles. The highest BCUT2D eigenvalue weighted by Crippen LogP contribution is 2.28. The first-order valence-electron chi connectivity index (χ1n) is 6.43. The Morgan fingerprint density at radius 2 is 2.00 bits per heavy atom. The van der Waals surface area contributed by atoms with Crippen LogP contribution >= 0.6 is 0 Å². The van der Waals surface area contributed by atoms with E-state index in [9.17, 15) is 4.21 Å². The SMILES string of the molecule is CC1CCCC(S(=O)CC(N)C(C)(C)C)C1. The molecule has 2 N–H and O–H groups in total. The first-order valence-corrected chi connectivity index (χ1v) is 7.81. The topological polar surface area (TPSA) is 43.1 Å². The highest BCUT2D eigenvalue weighted by Gasteiger charge is 2.28. The fourth-order valence-electron chi connectivity index (χ4n) is 2.18. The molecule has 1 aliphatic carbocycles. The predicted octanol–water partition coefficient (Wildman–Crippen LogP) is 2.69. The average Bonchev–Trinajstić information content (AvgIpc) is 2.16. The minimum atomic E-state index is -0.729. The van der Waals surface area contributed by atoms with Gasteiger partial charge in [0, 0.05) is 27.8 Å². The zero-order valence-electron chi connectivity index (χ0n) is 11.2. The molecule has 16 heavy (non-hydrogen) atoms. The lowest BCUT2D eigenvalue weighted by Crippen LogP contribution is -2.42. The van der Waals surface area contributed by atoms with E-state index in [-0.39, 0.29) is 11.5 Å². The molecule has 0 amide bonds.